The number of amides is 2. The number of nitrogens with one attached hydrogen (secondary N) is 2. The Morgan fingerprint density at radius 1 is 1.09 bits per heavy atom. The molecule has 2 heterocycles. The molecule has 6 nitrogen and oxygen atoms in total. The van der Waals surface area contributed by atoms with E-state index >= 15 is 0 Å². The second-order valence-corrected chi connectivity index (χ2v) is 5.35. The third kappa shape index (κ3) is 3.00. The largest absolute Gasteiger partial charge is 0.467 e. The third-order valence-electron chi connectivity index (χ3n) is 3.78. The number of aromatic nitrogens is 1. The van der Waals surface area contributed by atoms with Crippen LogP contribution in [0.2, 0.25) is 0 Å². The summed E-state index contributed by atoms with van der Waals surface area (Å²) >= 11 is 0. The Bertz CT molecular complexity index is 649. The molecule has 22 heavy (non-hydrogen) atoms. The van der Waals surface area contributed by atoms with Gasteiger partial charge in [-0.25, -0.2) is 0 Å². The number of carbonyl (C=O) groups excluding carboxylic acids is 2. The Labute approximate surface area is 127 Å². The van der Waals surface area contributed by atoms with Crippen molar-refractivity contribution in [1.29, 1.82) is 0 Å². The molecular formula is C16H17N3O3. The number of furan rings is 1. The smallest absolute Gasteiger partial charge is 0.236 e. The van der Waals surface area contributed by atoms with Crippen molar-refractivity contribution in [3.05, 3.63) is 54.2 Å². The maximum atomic E-state index is 12.3. The number of carbonyl (C=O) groups is 2. The first-order valence-corrected chi connectivity index (χ1v) is 7.20. The lowest BCUT2D eigenvalue weighted by Crippen LogP contribution is -2.42. The molecule has 6 heteroatoms. The van der Waals surface area contributed by atoms with Gasteiger partial charge in [0.1, 0.15) is 11.2 Å². The zero-order chi connectivity index (χ0) is 15.4. The Kier molecular flexibility index (Phi) is 3.91. The molecule has 0 aliphatic heterocycles. The molecule has 1 aliphatic rings. The molecule has 0 aromatic carbocycles. The van der Waals surface area contributed by atoms with Crippen LogP contribution in [0.1, 0.15) is 24.3 Å². The van der Waals surface area contributed by atoms with Gasteiger partial charge in [-0.3, -0.25) is 14.6 Å². The maximum absolute atomic E-state index is 12.3. The van der Waals surface area contributed by atoms with Gasteiger partial charge in [0.2, 0.25) is 11.8 Å². The van der Waals surface area contributed by atoms with Gasteiger partial charge in [0, 0.05) is 6.20 Å². The fraction of sp³-hybridized carbons (Fsp3) is 0.312. The molecule has 1 aliphatic carbocycles. The minimum Gasteiger partial charge on any atom is -0.467 e. The lowest BCUT2D eigenvalue weighted by atomic mass is 10.1. The average Bonchev–Trinajstić information content (AvgIpc) is 3.21. The zero-order valence-electron chi connectivity index (χ0n) is 12.0. The normalized spacial score (nSPS) is 15.1. The summed E-state index contributed by atoms with van der Waals surface area (Å²) in [5.74, 6) is 0.176. The number of hydrogen-bond acceptors (Lipinski definition) is 4. The molecule has 2 aromatic rings. The summed E-state index contributed by atoms with van der Waals surface area (Å²) in [5.41, 5.74) is -0.163. The van der Waals surface area contributed by atoms with Crippen molar-refractivity contribution < 1.29 is 14.0 Å². The highest BCUT2D eigenvalue weighted by Crippen LogP contribution is 2.46. The number of pyridine rings is 1. The van der Waals surface area contributed by atoms with E-state index in [1.165, 1.54) is 0 Å². The fourth-order valence-electron chi connectivity index (χ4n) is 2.27. The monoisotopic (exact) mass is 299 g/mol. The number of hydrogen-bond donors (Lipinski definition) is 2. The summed E-state index contributed by atoms with van der Waals surface area (Å²) in [7, 11) is 0. The molecule has 1 fully saturated rings. The van der Waals surface area contributed by atoms with E-state index in [9.17, 15) is 9.59 Å². The van der Waals surface area contributed by atoms with Crippen molar-refractivity contribution in [2.45, 2.75) is 25.9 Å². The van der Waals surface area contributed by atoms with Crippen LogP contribution in [0, 0.1) is 5.41 Å². The third-order valence-corrected chi connectivity index (χ3v) is 3.78. The predicted molar refractivity (Wildman–Crippen MR) is 78.3 cm³/mol. The first-order valence-electron chi connectivity index (χ1n) is 7.20. The Morgan fingerprint density at radius 2 is 1.86 bits per heavy atom. The van der Waals surface area contributed by atoms with Gasteiger partial charge in [0.05, 0.1) is 25.0 Å². The van der Waals surface area contributed by atoms with Crippen LogP contribution in [-0.2, 0) is 22.7 Å². The summed E-state index contributed by atoms with van der Waals surface area (Å²) in [6, 6.07) is 9.04. The van der Waals surface area contributed by atoms with E-state index in [0.717, 1.165) is 5.69 Å². The van der Waals surface area contributed by atoms with E-state index < -0.39 is 5.41 Å². The predicted octanol–water partition coefficient (Wildman–Crippen LogP) is 1.39. The van der Waals surface area contributed by atoms with Crippen LogP contribution >= 0.6 is 0 Å². The second-order valence-electron chi connectivity index (χ2n) is 5.35. The van der Waals surface area contributed by atoms with Crippen molar-refractivity contribution in [3.8, 4) is 0 Å². The van der Waals surface area contributed by atoms with E-state index in [-0.39, 0.29) is 11.8 Å². The Balaban J connectivity index is 1.53. The summed E-state index contributed by atoms with van der Waals surface area (Å²) < 4.78 is 5.16. The van der Waals surface area contributed by atoms with Gasteiger partial charge in [-0.05, 0) is 37.1 Å². The minimum atomic E-state index is -0.929. The molecule has 114 valence electrons. The van der Waals surface area contributed by atoms with Gasteiger partial charge in [0.15, 0.2) is 0 Å². The van der Waals surface area contributed by atoms with Crippen LogP contribution in [0.3, 0.4) is 0 Å². The van der Waals surface area contributed by atoms with Gasteiger partial charge in [-0.1, -0.05) is 6.07 Å². The van der Waals surface area contributed by atoms with Crippen molar-refractivity contribution >= 4 is 11.8 Å². The van der Waals surface area contributed by atoms with E-state index in [0.29, 0.717) is 31.7 Å². The molecule has 0 radical (unpaired) electrons. The van der Waals surface area contributed by atoms with Gasteiger partial charge in [-0.2, -0.15) is 0 Å². The summed E-state index contributed by atoms with van der Waals surface area (Å²) in [6.45, 7) is 0.619. The SMILES string of the molecule is O=C(NCc1ccccn1)C1(C(=O)NCc2ccco2)CC1. The fourth-order valence-corrected chi connectivity index (χ4v) is 2.27. The van der Waals surface area contributed by atoms with Gasteiger partial charge in [-0.15, -0.1) is 0 Å². The number of rotatable bonds is 6. The molecule has 0 bridgehead atoms. The first kappa shape index (κ1) is 14.3. The molecular weight excluding hydrogens is 282 g/mol. The highest BCUT2D eigenvalue weighted by Gasteiger charge is 2.56. The number of nitrogens with zero attached hydrogens (tertiary/aromatic N) is 1. The topological polar surface area (TPSA) is 84.2 Å². The van der Waals surface area contributed by atoms with Crippen molar-refractivity contribution in [2.75, 3.05) is 0 Å². The molecule has 0 saturated heterocycles. The highest BCUT2D eigenvalue weighted by molar-refractivity contribution is 6.07. The van der Waals surface area contributed by atoms with Crippen molar-refractivity contribution in [1.82, 2.24) is 15.6 Å². The highest BCUT2D eigenvalue weighted by atomic mass is 16.3. The van der Waals surface area contributed by atoms with Crippen LogP contribution in [0.4, 0.5) is 0 Å². The van der Waals surface area contributed by atoms with E-state index in [4.69, 9.17) is 4.42 Å². The van der Waals surface area contributed by atoms with Crippen molar-refractivity contribution in [3.63, 3.8) is 0 Å². The Hall–Kier alpha value is -2.63. The molecule has 0 unspecified atom stereocenters. The maximum Gasteiger partial charge on any atom is 0.236 e. The van der Waals surface area contributed by atoms with E-state index in [1.54, 1.807) is 24.6 Å². The summed E-state index contributed by atoms with van der Waals surface area (Å²) in [6.07, 6.45) is 4.37. The molecule has 2 aromatic heterocycles. The first-order chi connectivity index (χ1) is 10.7. The van der Waals surface area contributed by atoms with Gasteiger partial charge in [0.25, 0.3) is 0 Å². The average molecular weight is 299 g/mol. The molecule has 2 N–H and O–H groups in total. The Morgan fingerprint density at radius 3 is 2.45 bits per heavy atom. The second kappa shape index (κ2) is 6.01. The lowest BCUT2D eigenvalue weighted by molar-refractivity contribution is -0.137. The molecule has 1 saturated carbocycles. The van der Waals surface area contributed by atoms with Crippen LogP contribution in [0.15, 0.2) is 47.2 Å². The quantitative estimate of drug-likeness (QED) is 0.789. The van der Waals surface area contributed by atoms with E-state index in [1.807, 2.05) is 18.2 Å². The molecule has 0 atom stereocenters. The lowest BCUT2D eigenvalue weighted by Gasteiger charge is -2.14. The molecule has 0 spiro atoms. The van der Waals surface area contributed by atoms with Crippen LogP contribution in [0.5, 0.6) is 0 Å². The van der Waals surface area contributed by atoms with Gasteiger partial charge >= 0.3 is 0 Å². The standard InChI is InChI=1S/C16H17N3O3/c20-14(18-10-12-4-1-2-8-17-12)16(6-7-16)15(21)19-11-13-5-3-9-22-13/h1-5,8-9H,6-7,10-11H2,(H,18,20)(H,19,21). The van der Waals surface area contributed by atoms with Gasteiger partial charge < -0.3 is 15.1 Å². The molecule has 2 amide bonds. The van der Waals surface area contributed by atoms with Crippen LogP contribution in [0.25, 0.3) is 0 Å². The van der Waals surface area contributed by atoms with Crippen molar-refractivity contribution in [2.24, 2.45) is 5.41 Å². The minimum absolute atomic E-state index is 0.241. The summed E-state index contributed by atoms with van der Waals surface area (Å²) in [4.78, 5) is 28.7. The molecule has 3 rings (SSSR count). The van der Waals surface area contributed by atoms with E-state index in [2.05, 4.69) is 15.6 Å². The van der Waals surface area contributed by atoms with Crippen LogP contribution < -0.4 is 10.6 Å². The van der Waals surface area contributed by atoms with Crippen LogP contribution in [-0.4, -0.2) is 16.8 Å². The zero-order valence-corrected chi connectivity index (χ0v) is 12.0. The summed E-state index contributed by atoms with van der Waals surface area (Å²) in [5, 5.41) is 5.55.